The molecule has 1 N–H and O–H groups in total. The maximum absolute atomic E-state index is 13.8. The Balaban J connectivity index is 1.54. The number of rotatable bonds is 6. The molecule has 27 heavy (non-hydrogen) atoms. The Labute approximate surface area is 169 Å². The average molecular weight is 453 g/mol. The van der Waals surface area contributed by atoms with Crippen LogP contribution >= 0.6 is 27.7 Å². The molecule has 1 atom stereocenters. The van der Waals surface area contributed by atoms with Crippen molar-refractivity contribution in [2.45, 2.75) is 12.6 Å². The van der Waals surface area contributed by atoms with E-state index in [-0.39, 0.29) is 24.2 Å². The summed E-state index contributed by atoms with van der Waals surface area (Å²) >= 11 is 4.67. The molecule has 8 heteroatoms. The Morgan fingerprint density at radius 2 is 2.04 bits per heavy atom. The highest BCUT2D eigenvalue weighted by Gasteiger charge is 2.34. The molecule has 1 heterocycles. The quantitative estimate of drug-likeness (QED) is 0.730. The number of halogens is 2. The summed E-state index contributed by atoms with van der Waals surface area (Å²) in [6, 6.07) is 13.4. The van der Waals surface area contributed by atoms with Gasteiger partial charge < -0.3 is 15.0 Å². The van der Waals surface area contributed by atoms with Gasteiger partial charge in [0.05, 0.1) is 5.88 Å². The maximum atomic E-state index is 13.8. The second-order valence-corrected chi connectivity index (χ2v) is 7.86. The third kappa shape index (κ3) is 5.23. The topological polar surface area (TPSA) is 58.6 Å². The first-order valence-electron chi connectivity index (χ1n) is 8.31. The van der Waals surface area contributed by atoms with Crippen molar-refractivity contribution in [3.63, 3.8) is 0 Å². The predicted molar refractivity (Wildman–Crippen MR) is 106 cm³/mol. The molecule has 1 unspecified atom stereocenters. The van der Waals surface area contributed by atoms with Crippen LogP contribution in [0.5, 0.6) is 5.75 Å². The van der Waals surface area contributed by atoms with Crippen LogP contribution in [0.3, 0.4) is 0 Å². The lowest BCUT2D eigenvalue weighted by atomic mass is 10.2. The van der Waals surface area contributed by atoms with E-state index in [2.05, 4.69) is 21.2 Å². The van der Waals surface area contributed by atoms with Crippen molar-refractivity contribution in [3.05, 3.63) is 64.4 Å². The van der Waals surface area contributed by atoms with E-state index < -0.39 is 11.9 Å². The van der Waals surface area contributed by atoms with Crippen LogP contribution in [0.2, 0.25) is 0 Å². The van der Waals surface area contributed by atoms with Crippen LogP contribution in [0.25, 0.3) is 0 Å². The number of carbonyl (C=O) groups excluding carboxylic acids is 2. The van der Waals surface area contributed by atoms with E-state index in [0.29, 0.717) is 22.6 Å². The molecule has 0 spiro atoms. The third-order valence-electron chi connectivity index (χ3n) is 4.06. The Bertz CT molecular complexity index is 822. The summed E-state index contributed by atoms with van der Waals surface area (Å²) in [7, 11) is 0. The van der Waals surface area contributed by atoms with Crippen molar-refractivity contribution in [2.75, 3.05) is 18.2 Å². The summed E-state index contributed by atoms with van der Waals surface area (Å²) in [5, 5.41) is 2.86. The largest absolute Gasteiger partial charge is 0.481 e. The standard InChI is InChI=1S/C19H18BrFN2O3S/c20-14-6-7-17(15(21)8-14)26-10-18(24)23-12-27-11-16(23)19(25)22-9-13-4-2-1-3-5-13/h1-8,16H,9-12H2,(H,22,25). The molecule has 1 aliphatic rings. The minimum atomic E-state index is -0.551. The lowest BCUT2D eigenvalue weighted by molar-refractivity contribution is -0.139. The molecule has 0 aliphatic carbocycles. The van der Waals surface area contributed by atoms with Gasteiger partial charge in [-0.15, -0.1) is 11.8 Å². The van der Waals surface area contributed by atoms with Crippen molar-refractivity contribution in [2.24, 2.45) is 0 Å². The number of hydrogen-bond acceptors (Lipinski definition) is 4. The van der Waals surface area contributed by atoms with E-state index >= 15 is 0 Å². The number of amides is 2. The van der Waals surface area contributed by atoms with E-state index in [9.17, 15) is 14.0 Å². The number of carbonyl (C=O) groups is 2. The molecule has 142 valence electrons. The Kier molecular flexibility index (Phi) is 6.73. The normalized spacial score (nSPS) is 16.2. The molecule has 0 bridgehead atoms. The zero-order chi connectivity index (χ0) is 19.2. The van der Waals surface area contributed by atoms with Gasteiger partial charge in [-0.25, -0.2) is 4.39 Å². The van der Waals surface area contributed by atoms with Crippen LogP contribution in [0.15, 0.2) is 53.0 Å². The van der Waals surface area contributed by atoms with Gasteiger partial charge in [0, 0.05) is 16.8 Å². The first kappa shape index (κ1) is 19.7. The first-order chi connectivity index (χ1) is 13.0. The number of benzene rings is 2. The van der Waals surface area contributed by atoms with E-state index in [0.717, 1.165) is 5.56 Å². The van der Waals surface area contributed by atoms with Crippen molar-refractivity contribution >= 4 is 39.5 Å². The summed E-state index contributed by atoms with van der Waals surface area (Å²) in [5.74, 6) is -0.157. The number of hydrogen-bond donors (Lipinski definition) is 1. The van der Waals surface area contributed by atoms with Crippen molar-refractivity contribution in [3.8, 4) is 5.75 Å². The zero-order valence-corrected chi connectivity index (χ0v) is 16.8. The summed E-state index contributed by atoms with van der Waals surface area (Å²) in [4.78, 5) is 26.4. The van der Waals surface area contributed by atoms with E-state index in [1.54, 1.807) is 6.07 Å². The summed E-state index contributed by atoms with van der Waals surface area (Å²) in [6.45, 7) is 0.0883. The summed E-state index contributed by atoms with van der Waals surface area (Å²) in [6.07, 6.45) is 0. The minimum Gasteiger partial charge on any atom is -0.481 e. The highest BCUT2D eigenvalue weighted by Crippen LogP contribution is 2.23. The van der Waals surface area contributed by atoms with Gasteiger partial charge in [0.15, 0.2) is 18.2 Å². The molecular weight excluding hydrogens is 435 g/mol. The lowest BCUT2D eigenvalue weighted by Gasteiger charge is -2.23. The van der Waals surface area contributed by atoms with Gasteiger partial charge in [-0.05, 0) is 23.8 Å². The van der Waals surface area contributed by atoms with Crippen LogP contribution in [0.4, 0.5) is 4.39 Å². The highest BCUT2D eigenvalue weighted by molar-refractivity contribution is 9.10. The van der Waals surface area contributed by atoms with Crippen LogP contribution in [-0.2, 0) is 16.1 Å². The molecule has 2 aromatic rings. The molecule has 0 radical (unpaired) electrons. The Morgan fingerprint density at radius 3 is 2.78 bits per heavy atom. The predicted octanol–water partition coefficient (Wildman–Crippen LogP) is 3.18. The van der Waals surface area contributed by atoms with Gasteiger partial charge in [-0.3, -0.25) is 9.59 Å². The SMILES string of the molecule is O=C(NCc1ccccc1)C1CSCN1C(=O)COc1ccc(Br)cc1F. The molecule has 2 amide bonds. The summed E-state index contributed by atoms with van der Waals surface area (Å²) in [5.41, 5.74) is 0.989. The van der Waals surface area contributed by atoms with Gasteiger partial charge in [0.2, 0.25) is 5.91 Å². The van der Waals surface area contributed by atoms with E-state index in [4.69, 9.17) is 4.74 Å². The minimum absolute atomic E-state index is 0.00322. The van der Waals surface area contributed by atoms with E-state index in [1.807, 2.05) is 30.3 Å². The van der Waals surface area contributed by atoms with Crippen molar-refractivity contribution in [1.29, 1.82) is 0 Å². The fourth-order valence-corrected chi connectivity index (χ4v) is 4.14. The lowest BCUT2D eigenvalue weighted by Crippen LogP contribution is -2.48. The zero-order valence-electron chi connectivity index (χ0n) is 14.4. The molecule has 3 rings (SSSR count). The fraction of sp³-hybridized carbons (Fsp3) is 0.263. The van der Waals surface area contributed by atoms with Crippen molar-refractivity contribution < 1.29 is 18.7 Å². The molecule has 1 fully saturated rings. The molecule has 2 aromatic carbocycles. The number of thioether (sulfide) groups is 1. The van der Waals surface area contributed by atoms with E-state index in [1.165, 1.54) is 28.8 Å². The van der Waals surface area contributed by atoms with Gasteiger partial charge in [0.25, 0.3) is 5.91 Å². The average Bonchev–Trinajstić information content (AvgIpc) is 3.16. The second-order valence-electron chi connectivity index (χ2n) is 5.95. The maximum Gasteiger partial charge on any atom is 0.261 e. The monoisotopic (exact) mass is 452 g/mol. The van der Waals surface area contributed by atoms with Gasteiger partial charge in [-0.1, -0.05) is 46.3 Å². The Morgan fingerprint density at radius 1 is 1.26 bits per heavy atom. The number of nitrogens with zero attached hydrogens (tertiary/aromatic N) is 1. The van der Waals surface area contributed by atoms with Gasteiger partial charge in [-0.2, -0.15) is 0 Å². The molecule has 0 aromatic heterocycles. The molecule has 0 saturated carbocycles. The second kappa shape index (κ2) is 9.23. The number of nitrogens with one attached hydrogen (secondary N) is 1. The molecule has 5 nitrogen and oxygen atoms in total. The van der Waals surface area contributed by atoms with Crippen LogP contribution in [-0.4, -0.2) is 41.0 Å². The smallest absolute Gasteiger partial charge is 0.261 e. The van der Waals surface area contributed by atoms with Gasteiger partial charge in [0.1, 0.15) is 6.04 Å². The third-order valence-corrected chi connectivity index (χ3v) is 5.57. The number of ether oxygens (including phenoxy) is 1. The van der Waals surface area contributed by atoms with Crippen molar-refractivity contribution in [1.82, 2.24) is 10.2 Å². The van der Waals surface area contributed by atoms with Gasteiger partial charge >= 0.3 is 0 Å². The Hall–Kier alpha value is -2.06. The van der Waals surface area contributed by atoms with Crippen LogP contribution in [0, 0.1) is 5.82 Å². The first-order valence-corrected chi connectivity index (χ1v) is 10.3. The fourth-order valence-electron chi connectivity index (χ4n) is 2.62. The molecular formula is C19H18BrFN2O3S. The summed E-state index contributed by atoms with van der Waals surface area (Å²) < 4.78 is 19.7. The molecule has 1 aliphatic heterocycles. The van der Waals surface area contributed by atoms with Crippen LogP contribution < -0.4 is 10.1 Å². The highest BCUT2D eigenvalue weighted by atomic mass is 79.9. The molecule has 1 saturated heterocycles. The van der Waals surface area contributed by atoms with Crippen LogP contribution in [0.1, 0.15) is 5.56 Å².